The molecule has 0 saturated carbocycles. The molecule has 0 aromatic heterocycles. The number of rotatable bonds is 16. The summed E-state index contributed by atoms with van der Waals surface area (Å²) in [4.78, 5) is 57.0. The molecule has 2 amide bonds. The molecule has 0 saturated heterocycles. The molecule has 2 aromatic rings. The summed E-state index contributed by atoms with van der Waals surface area (Å²) in [5, 5.41) is 8.48. The van der Waals surface area contributed by atoms with E-state index in [1.807, 2.05) is 24.3 Å². The van der Waals surface area contributed by atoms with E-state index in [4.69, 9.17) is 24.7 Å². The van der Waals surface area contributed by atoms with Gasteiger partial charge in [0.1, 0.15) is 29.6 Å². The van der Waals surface area contributed by atoms with Gasteiger partial charge in [-0.15, -0.1) is 0 Å². The van der Waals surface area contributed by atoms with Crippen molar-refractivity contribution in [1.29, 1.82) is 0 Å². The van der Waals surface area contributed by atoms with Crippen LogP contribution >= 0.6 is 0 Å². The van der Waals surface area contributed by atoms with Gasteiger partial charge in [-0.3, -0.25) is 0 Å². The minimum atomic E-state index is -0.812. The predicted octanol–water partition coefficient (Wildman–Crippen LogP) is 7.15. The number of carbonyl (C=O) groups is 5. The third kappa shape index (κ3) is 24.9. The summed E-state index contributed by atoms with van der Waals surface area (Å²) in [5.74, 6) is -1.03. The van der Waals surface area contributed by atoms with Crippen LogP contribution in [0.1, 0.15) is 105 Å². The molecule has 0 radical (unpaired) electrons. The minimum absolute atomic E-state index is 0.298. The molecule has 13 nitrogen and oxygen atoms in total. The second kappa shape index (κ2) is 26.0. The summed E-state index contributed by atoms with van der Waals surface area (Å²) >= 11 is 0. The number of unbranched alkanes of at least 4 members (excludes halogenated alkanes) is 4. The van der Waals surface area contributed by atoms with Crippen LogP contribution in [-0.4, -0.2) is 74.5 Å². The molecule has 0 heterocycles. The number of nitrogens with one attached hydrogen (secondary N) is 3. The van der Waals surface area contributed by atoms with Crippen LogP contribution in [0.2, 0.25) is 0 Å². The lowest BCUT2D eigenvalue weighted by molar-refractivity contribution is -0.143. The fourth-order valence-electron chi connectivity index (χ4n) is 4.35. The molecule has 2 rings (SSSR count). The van der Waals surface area contributed by atoms with E-state index in [1.54, 1.807) is 65.8 Å². The lowest BCUT2D eigenvalue weighted by Crippen LogP contribution is -2.45. The third-order valence-electron chi connectivity index (χ3n) is 6.95. The van der Waals surface area contributed by atoms with E-state index in [0.29, 0.717) is 18.5 Å². The van der Waals surface area contributed by atoms with E-state index in [9.17, 15) is 24.0 Å². The van der Waals surface area contributed by atoms with Gasteiger partial charge in [-0.05, 0) is 89.8 Å². The molecule has 0 aliphatic carbocycles. The molecular weight excluding hydrogens is 680 g/mol. The van der Waals surface area contributed by atoms with Gasteiger partial charge >= 0.3 is 24.1 Å². The zero-order chi connectivity index (χ0) is 40.5. The van der Waals surface area contributed by atoms with Gasteiger partial charge in [0.2, 0.25) is 0 Å². The topological polar surface area (TPSA) is 184 Å². The highest BCUT2D eigenvalue weighted by Gasteiger charge is 2.26. The number of benzene rings is 2. The van der Waals surface area contributed by atoms with Gasteiger partial charge in [0.05, 0.1) is 14.2 Å². The van der Waals surface area contributed by atoms with Gasteiger partial charge < -0.3 is 45.4 Å². The zero-order valence-electron chi connectivity index (χ0n) is 33.5. The number of alkyl carbamates (subject to hydrolysis) is 2. The van der Waals surface area contributed by atoms with Gasteiger partial charge in [0, 0.05) is 37.2 Å². The fraction of sp³-hybridized carbons (Fsp3) is 0.575. The minimum Gasteiger partial charge on any atom is -0.467 e. The van der Waals surface area contributed by atoms with Crippen molar-refractivity contribution in [1.82, 2.24) is 10.6 Å². The maximum absolute atomic E-state index is 12.0. The largest absolute Gasteiger partial charge is 0.467 e. The van der Waals surface area contributed by atoms with E-state index in [1.165, 1.54) is 27.1 Å². The van der Waals surface area contributed by atoms with Gasteiger partial charge in [-0.25, -0.2) is 19.2 Å². The van der Waals surface area contributed by atoms with Crippen LogP contribution in [-0.2, 0) is 46.2 Å². The molecule has 298 valence electrons. The monoisotopic (exact) mass is 744 g/mol. The third-order valence-corrected chi connectivity index (χ3v) is 6.95. The summed E-state index contributed by atoms with van der Waals surface area (Å²) in [6, 6.07) is 13.3. The van der Waals surface area contributed by atoms with Gasteiger partial charge in [-0.1, -0.05) is 57.4 Å². The Morgan fingerprint density at radius 3 is 1.43 bits per heavy atom. The van der Waals surface area contributed by atoms with Crippen LogP contribution < -0.4 is 21.7 Å². The molecule has 0 aliphatic heterocycles. The normalized spacial score (nSPS) is 11.8. The van der Waals surface area contributed by atoms with Crippen molar-refractivity contribution in [2.45, 2.75) is 130 Å². The Labute approximate surface area is 316 Å². The average Bonchev–Trinajstić information content (AvgIpc) is 3.08. The van der Waals surface area contributed by atoms with Crippen LogP contribution in [0.5, 0.6) is 0 Å². The Morgan fingerprint density at radius 2 is 1.09 bits per heavy atom. The molecule has 0 unspecified atom stereocenters. The van der Waals surface area contributed by atoms with Crippen molar-refractivity contribution >= 4 is 41.8 Å². The number of amides is 2. The van der Waals surface area contributed by atoms with Crippen LogP contribution in [0.15, 0.2) is 48.5 Å². The summed E-state index contributed by atoms with van der Waals surface area (Å²) in [5.41, 5.74) is 7.81. The van der Waals surface area contributed by atoms with Gasteiger partial charge in [0.15, 0.2) is 0 Å². The molecule has 2 atom stereocenters. The highest BCUT2D eigenvalue weighted by atomic mass is 16.6. The Hall–Kier alpha value is -4.81. The standard InChI is InChI=1S/C20H32N2O4.C15H22N2O4.C5H10O/c1-6-7-8-13-21-16-11-9-15(10-12-16)14-17(18(23)25-5)22-19(24)26-20(2,3)4;1-15(2,3)21-14(19)17-12(13(18)20-4)9-10-5-7-11(16)8-6-10;1-2-3-4-5-6/h9-12,17,21H,6-8,13-14H2,1-5H3,(H,22,24);5-8,12H,9,16H2,1-4H3,(H,17,19);5H,2-4H2,1H3/t17-;12-;/m11./s1. The molecule has 0 spiro atoms. The summed E-state index contributed by atoms with van der Waals surface area (Å²) in [6.07, 6.45) is 6.75. The van der Waals surface area contributed by atoms with E-state index >= 15 is 0 Å². The van der Waals surface area contributed by atoms with Crippen LogP contribution in [0.25, 0.3) is 0 Å². The Morgan fingerprint density at radius 1 is 0.679 bits per heavy atom. The second-order valence-corrected chi connectivity index (χ2v) is 14.2. The second-order valence-electron chi connectivity index (χ2n) is 14.2. The number of ether oxygens (including phenoxy) is 4. The molecule has 5 N–H and O–H groups in total. The number of carbonyl (C=O) groups excluding carboxylic acids is 5. The highest BCUT2D eigenvalue weighted by Crippen LogP contribution is 2.14. The van der Waals surface area contributed by atoms with E-state index in [2.05, 4.69) is 29.8 Å². The quantitative estimate of drug-likeness (QED) is 0.0450. The molecule has 53 heavy (non-hydrogen) atoms. The van der Waals surface area contributed by atoms with Crippen molar-refractivity contribution in [3.63, 3.8) is 0 Å². The maximum atomic E-state index is 12.0. The SMILES string of the molecule is CCCCC=O.CCCCCNc1ccc(C[C@@H](NC(=O)OC(C)(C)C)C(=O)OC)cc1.COC(=O)[C@@H](Cc1ccc(N)cc1)NC(=O)OC(C)(C)C. The number of esters is 2. The van der Waals surface area contributed by atoms with Crippen molar-refractivity contribution < 1.29 is 42.9 Å². The van der Waals surface area contributed by atoms with E-state index < -0.39 is 47.4 Å². The average molecular weight is 745 g/mol. The maximum Gasteiger partial charge on any atom is 0.408 e. The number of aldehydes is 1. The number of nitrogens with two attached hydrogens (primary N) is 1. The summed E-state index contributed by atoms with van der Waals surface area (Å²) < 4.78 is 19.9. The Kier molecular flexibility index (Phi) is 23.7. The predicted molar refractivity (Wildman–Crippen MR) is 209 cm³/mol. The van der Waals surface area contributed by atoms with Crippen molar-refractivity contribution in [2.24, 2.45) is 0 Å². The van der Waals surface area contributed by atoms with Crippen molar-refractivity contribution in [3.8, 4) is 0 Å². The Bertz CT molecular complexity index is 1350. The lowest BCUT2D eigenvalue weighted by atomic mass is 10.1. The number of hydrogen-bond acceptors (Lipinski definition) is 11. The summed E-state index contributed by atoms with van der Waals surface area (Å²) in [6.45, 7) is 15.8. The Balaban J connectivity index is 0.000000897. The van der Waals surface area contributed by atoms with Crippen LogP contribution in [0, 0.1) is 0 Å². The van der Waals surface area contributed by atoms with Gasteiger partial charge in [-0.2, -0.15) is 0 Å². The molecule has 2 aromatic carbocycles. The van der Waals surface area contributed by atoms with Gasteiger partial charge in [0.25, 0.3) is 0 Å². The number of hydrogen-bond donors (Lipinski definition) is 4. The first-order valence-corrected chi connectivity index (χ1v) is 18.1. The first kappa shape index (κ1) is 48.2. The zero-order valence-corrected chi connectivity index (χ0v) is 33.5. The molecule has 13 heteroatoms. The van der Waals surface area contributed by atoms with Crippen LogP contribution in [0.3, 0.4) is 0 Å². The fourth-order valence-corrected chi connectivity index (χ4v) is 4.35. The van der Waals surface area contributed by atoms with E-state index in [-0.39, 0.29) is 0 Å². The molecule has 0 aliphatic rings. The van der Waals surface area contributed by atoms with Crippen molar-refractivity contribution in [3.05, 3.63) is 59.7 Å². The first-order chi connectivity index (χ1) is 24.9. The number of methoxy groups -OCH3 is 2. The molecular formula is C40H64N4O9. The first-order valence-electron chi connectivity index (χ1n) is 18.1. The van der Waals surface area contributed by atoms with E-state index in [0.717, 1.165) is 55.3 Å². The number of nitrogen functional groups attached to an aromatic ring is 1. The highest BCUT2D eigenvalue weighted by molar-refractivity contribution is 5.82. The lowest BCUT2D eigenvalue weighted by Gasteiger charge is -2.22. The van der Waals surface area contributed by atoms with Crippen LogP contribution in [0.4, 0.5) is 21.0 Å². The van der Waals surface area contributed by atoms with Crippen molar-refractivity contribution in [2.75, 3.05) is 31.8 Å². The summed E-state index contributed by atoms with van der Waals surface area (Å²) in [7, 11) is 2.57. The molecule has 0 fully saturated rings. The smallest absolute Gasteiger partial charge is 0.408 e. The molecule has 0 bridgehead atoms. The number of anilines is 2.